The Morgan fingerprint density at radius 1 is 1.09 bits per heavy atom. The largest absolute Gasteiger partial charge is 0.495 e. The van der Waals surface area contributed by atoms with Crippen LogP contribution in [0.15, 0.2) is 47.4 Å². The molecule has 8 heteroatoms. The molecule has 4 saturated carbocycles. The number of hydrogen-bond donors (Lipinski definition) is 2. The third-order valence-corrected chi connectivity index (χ3v) is 10.0. The van der Waals surface area contributed by atoms with Crippen LogP contribution < -0.4 is 14.8 Å². The zero-order valence-corrected chi connectivity index (χ0v) is 21.0. The number of halogens is 1. The van der Waals surface area contributed by atoms with Crippen LogP contribution in [0.25, 0.3) is 0 Å². The van der Waals surface area contributed by atoms with Gasteiger partial charge in [0.1, 0.15) is 16.5 Å². The number of sulfonamides is 1. The number of methoxy groups -OCH3 is 1. The molecule has 4 aliphatic carbocycles. The van der Waals surface area contributed by atoms with Crippen LogP contribution in [0.1, 0.15) is 61.4 Å². The van der Waals surface area contributed by atoms with E-state index in [1.165, 1.54) is 50.6 Å². The molecule has 6 rings (SSSR count). The minimum Gasteiger partial charge on any atom is -0.495 e. The van der Waals surface area contributed by atoms with Gasteiger partial charge in [0.2, 0.25) is 10.0 Å². The minimum atomic E-state index is -3.94. The Hall–Kier alpha value is -2.45. The van der Waals surface area contributed by atoms with Crippen molar-refractivity contribution in [3.8, 4) is 5.75 Å². The average Bonchev–Trinajstić information content (AvgIpc) is 2.82. The monoisotopic (exact) mass is 500 g/mol. The maximum Gasteiger partial charge on any atom is 0.251 e. The Kier molecular flexibility index (Phi) is 6.38. The van der Waals surface area contributed by atoms with E-state index in [0.29, 0.717) is 23.3 Å². The van der Waals surface area contributed by atoms with Gasteiger partial charge < -0.3 is 10.1 Å². The number of rotatable bonds is 8. The summed E-state index contributed by atoms with van der Waals surface area (Å²) in [6.07, 6.45) is 7.11. The second-order valence-electron chi connectivity index (χ2n) is 10.8. The lowest BCUT2D eigenvalue weighted by molar-refractivity contribution is -0.0666. The lowest BCUT2D eigenvalue weighted by Crippen LogP contribution is -2.55. The topological polar surface area (TPSA) is 84.5 Å². The molecule has 1 amide bonds. The van der Waals surface area contributed by atoms with Crippen molar-refractivity contribution in [3.63, 3.8) is 0 Å². The van der Waals surface area contributed by atoms with E-state index < -0.39 is 21.7 Å². The van der Waals surface area contributed by atoms with Gasteiger partial charge in [-0.3, -0.25) is 4.79 Å². The van der Waals surface area contributed by atoms with E-state index in [9.17, 15) is 17.6 Å². The maximum atomic E-state index is 13.9. The fourth-order valence-electron chi connectivity index (χ4n) is 7.08. The van der Waals surface area contributed by atoms with Crippen molar-refractivity contribution < 1.29 is 22.3 Å². The predicted molar refractivity (Wildman–Crippen MR) is 131 cm³/mol. The number of benzene rings is 2. The molecule has 0 aromatic heterocycles. The Morgan fingerprint density at radius 3 is 2.31 bits per heavy atom. The van der Waals surface area contributed by atoms with Crippen LogP contribution in [0.2, 0.25) is 0 Å². The van der Waals surface area contributed by atoms with Crippen LogP contribution in [-0.2, 0) is 16.6 Å². The highest BCUT2D eigenvalue weighted by Gasteiger charge is 2.53. The lowest BCUT2D eigenvalue weighted by atomic mass is 9.48. The van der Waals surface area contributed by atoms with Gasteiger partial charge in [-0.25, -0.2) is 17.5 Å². The number of ether oxygens (including phenoxy) is 1. The third kappa shape index (κ3) is 4.70. The van der Waals surface area contributed by atoms with Crippen molar-refractivity contribution in [2.45, 2.75) is 62.9 Å². The van der Waals surface area contributed by atoms with E-state index in [-0.39, 0.29) is 34.2 Å². The predicted octanol–water partition coefficient (Wildman–Crippen LogP) is 4.65. The molecule has 0 spiro atoms. The van der Waals surface area contributed by atoms with E-state index in [1.54, 1.807) is 18.2 Å². The van der Waals surface area contributed by atoms with Crippen LogP contribution >= 0.6 is 0 Å². The van der Waals surface area contributed by atoms with Gasteiger partial charge in [0.15, 0.2) is 0 Å². The van der Waals surface area contributed by atoms with Gasteiger partial charge in [0, 0.05) is 23.7 Å². The molecule has 2 aromatic rings. The molecule has 0 saturated heterocycles. The molecule has 0 aliphatic heterocycles. The number of carbonyl (C=O) groups is 1. The summed E-state index contributed by atoms with van der Waals surface area (Å²) in [5, 5.41) is 2.67. The number of hydrogen-bond acceptors (Lipinski definition) is 4. The Labute approximate surface area is 206 Å². The molecule has 35 heavy (non-hydrogen) atoms. The number of nitrogens with one attached hydrogen (secondary N) is 2. The molecule has 2 N–H and O–H groups in total. The van der Waals surface area contributed by atoms with Crippen molar-refractivity contribution in [1.29, 1.82) is 0 Å². The van der Waals surface area contributed by atoms with Gasteiger partial charge in [-0.1, -0.05) is 18.2 Å². The van der Waals surface area contributed by atoms with Gasteiger partial charge >= 0.3 is 0 Å². The highest BCUT2D eigenvalue weighted by atomic mass is 32.2. The zero-order chi connectivity index (χ0) is 24.8. The van der Waals surface area contributed by atoms with E-state index in [4.69, 9.17) is 4.74 Å². The quantitative estimate of drug-likeness (QED) is 0.553. The molecular weight excluding hydrogens is 467 g/mol. The van der Waals surface area contributed by atoms with Gasteiger partial charge in [-0.2, -0.15) is 0 Å². The molecule has 188 valence electrons. The van der Waals surface area contributed by atoms with Crippen molar-refractivity contribution in [3.05, 3.63) is 59.4 Å². The number of amides is 1. The summed E-state index contributed by atoms with van der Waals surface area (Å²) in [6.45, 7) is 1.99. The summed E-state index contributed by atoms with van der Waals surface area (Å²) in [6, 6.07) is 10.3. The first kappa shape index (κ1) is 24.3. The van der Waals surface area contributed by atoms with Crippen molar-refractivity contribution in [2.24, 2.45) is 23.2 Å². The fraction of sp³-hybridized carbons (Fsp3) is 0.519. The number of carbonyl (C=O) groups excluding carboxylic acids is 1. The molecule has 4 bridgehead atoms. The van der Waals surface area contributed by atoms with E-state index in [0.717, 1.165) is 19.3 Å². The molecule has 4 fully saturated rings. The van der Waals surface area contributed by atoms with Crippen molar-refractivity contribution >= 4 is 15.9 Å². The minimum absolute atomic E-state index is 0.000916. The fourth-order valence-corrected chi connectivity index (χ4v) is 8.62. The van der Waals surface area contributed by atoms with Gasteiger partial charge in [-0.15, -0.1) is 0 Å². The van der Waals surface area contributed by atoms with Crippen LogP contribution in [0.3, 0.4) is 0 Å². The van der Waals surface area contributed by atoms with Gasteiger partial charge in [0.05, 0.1) is 7.11 Å². The standard InChI is InChI=1S/C27H33FN2O4S/c1-17(27-13-18-9-19(14-27)11-20(10-18)15-27)30-35(32,33)25-12-21(7-8-24(25)34-2)26(31)29-16-22-5-3-4-6-23(22)28/h3-8,12,17-20,30H,9-11,13-16H2,1-2H3,(H,29,31)/t17-,18?,19?,20?,27?/m0/s1. The third-order valence-electron chi connectivity index (χ3n) is 8.45. The van der Waals surface area contributed by atoms with Crippen molar-refractivity contribution in [1.82, 2.24) is 10.0 Å². The first-order valence-electron chi connectivity index (χ1n) is 12.4. The molecule has 4 aliphatic rings. The summed E-state index contributed by atoms with van der Waals surface area (Å²) in [5.74, 6) is 1.42. The molecule has 1 atom stereocenters. The van der Waals surface area contributed by atoms with Crippen LogP contribution in [0.5, 0.6) is 5.75 Å². The highest BCUT2D eigenvalue weighted by molar-refractivity contribution is 7.89. The first-order chi connectivity index (χ1) is 16.7. The van der Waals surface area contributed by atoms with E-state index >= 15 is 0 Å². The summed E-state index contributed by atoms with van der Waals surface area (Å²) in [7, 11) is -2.53. The molecule has 0 unspecified atom stereocenters. The summed E-state index contributed by atoms with van der Waals surface area (Å²) in [5.41, 5.74) is 0.530. The maximum absolute atomic E-state index is 13.9. The average molecular weight is 501 g/mol. The Balaban J connectivity index is 1.35. The normalized spacial score (nSPS) is 28.0. The summed E-state index contributed by atoms with van der Waals surface area (Å²) >= 11 is 0. The summed E-state index contributed by atoms with van der Waals surface area (Å²) < 4.78 is 49.3. The SMILES string of the molecule is COc1ccc(C(=O)NCc2ccccc2F)cc1S(=O)(=O)N[C@@H](C)C12CC3CC(CC(C3)C1)C2. The molecular formula is C27H33FN2O4S. The molecule has 2 aromatic carbocycles. The zero-order valence-electron chi connectivity index (χ0n) is 20.2. The summed E-state index contributed by atoms with van der Waals surface area (Å²) in [4.78, 5) is 12.7. The van der Waals surface area contributed by atoms with Crippen LogP contribution in [-0.4, -0.2) is 27.5 Å². The Bertz CT molecular complexity index is 1190. The van der Waals surface area contributed by atoms with E-state index in [1.807, 2.05) is 6.92 Å². The lowest BCUT2D eigenvalue weighted by Gasteiger charge is -2.59. The molecule has 0 heterocycles. The second-order valence-corrected chi connectivity index (χ2v) is 12.4. The molecule has 0 radical (unpaired) electrons. The van der Waals surface area contributed by atoms with Gasteiger partial charge in [-0.05, 0) is 92.9 Å². The Morgan fingerprint density at radius 2 is 1.71 bits per heavy atom. The molecule has 6 nitrogen and oxygen atoms in total. The smallest absolute Gasteiger partial charge is 0.251 e. The van der Waals surface area contributed by atoms with Crippen LogP contribution in [0, 0.1) is 29.0 Å². The van der Waals surface area contributed by atoms with Crippen molar-refractivity contribution in [2.75, 3.05) is 7.11 Å². The van der Waals surface area contributed by atoms with E-state index in [2.05, 4.69) is 10.0 Å². The van der Waals surface area contributed by atoms with Gasteiger partial charge in [0.25, 0.3) is 5.91 Å². The second kappa shape index (κ2) is 9.21. The highest BCUT2D eigenvalue weighted by Crippen LogP contribution is 2.61. The first-order valence-corrected chi connectivity index (χ1v) is 13.9. The van der Waals surface area contributed by atoms with Crippen LogP contribution in [0.4, 0.5) is 4.39 Å².